The number of halogens is 1. The molecule has 118 valence electrons. The van der Waals surface area contributed by atoms with E-state index in [4.69, 9.17) is 0 Å². The van der Waals surface area contributed by atoms with Gasteiger partial charge < -0.3 is 5.32 Å². The third-order valence-corrected chi connectivity index (χ3v) is 5.77. The van der Waals surface area contributed by atoms with Gasteiger partial charge in [-0.1, -0.05) is 28.1 Å². The van der Waals surface area contributed by atoms with Crippen LogP contribution in [0.1, 0.15) is 17.1 Å². The van der Waals surface area contributed by atoms with Crippen molar-refractivity contribution in [2.24, 2.45) is 0 Å². The lowest BCUT2D eigenvalue weighted by molar-refractivity contribution is 0.359. The van der Waals surface area contributed by atoms with Crippen LogP contribution < -0.4 is 5.32 Å². The molecule has 0 saturated carbocycles. The van der Waals surface area contributed by atoms with Gasteiger partial charge in [-0.3, -0.25) is 0 Å². The molecule has 0 aliphatic carbocycles. The van der Waals surface area contributed by atoms with Gasteiger partial charge in [0.05, 0.1) is 6.54 Å². The third-order valence-electron chi connectivity index (χ3n) is 4.14. The van der Waals surface area contributed by atoms with Crippen molar-refractivity contribution in [1.29, 1.82) is 0 Å². The first-order valence-electron chi connectivity index (χ1n) is 7.72. The monoisotopic (exact) mass is 388 g/mol. The maximum absolute atomic E-state index is 4.28. The average Bonchev–Trinajstić information content (AvgIpc) is 3.21. The highest BCUT2D eigenvalue weighted by atomic mass is 79.9. The van der Waals surface area contributed by atoms with Crippen molar-refractivity contribution in [2.45, 2.75) is 32.0 Å². The van der Waals surface area contributed by atoms with Crippen molar-refractivity contribution in [3.8, 4) is 10.4 Å². The van der Waals surface area contributed by atoms with Crippen LogP contribution in [0.3, 0.4) is 0 Å². The number of aryl methyl sites for hydroxylation is 1. The Bertz CT molecular complexity index is 810. The molecule has 23 heavy (non-hydrogen) atoms. The molecule has 0 radical (unpaired) electrons. The molecular formula is C17H17BrN4S. The van der Waals surface area contributed by atoms with Gasteiger partial charge in [-0.25, -0.2) is 9.67 Å². The first-order valence-corrected chi connectivity index (χ1v) is 9.33. The van der Waals surface area contributed by atoms with Crippen molar-refractivity contribution in [3.05, 3.63) is 57.9 Å². The van der Waals surface area contributed by atoms with Gasteiger partial charge in [-0.05, 0) is 36.2 Å². The molecule has 1 aromatic carbocycles. The fraction of sp³-hybridized carbons (Fsp3) is 0.294. The standard InChI is InChI=1S/C17H17BrN4S/c18-13-3-1-2-12(8-13)16-6-5-15(23-16)9-19-14-4-7-17-20-11-21-22(17)10-14/h1-3,5-6,8,11,14,19H,4,7,9-10H2. The third kappa shape index (κ3) is 3.39. The summed E-state index contributed by atoms with van der Waals surface area (Å²) in [4.78, 5) is 6.95. The van der Waals surface area contributed by atoms with E-state index in [-0.39, 0.29) is 0 Å². The van der Waals surface area contributed by atoms with Crippen molar-refractivity contribution < 1.29 is 0 Å². The zero-order valence-electron chi connectivity index (χ0n) is 12.6. The van der Waals surface area contributed by atoms with E-state index >= 15 is 0 Å². The number of nitrogens with one attached hydrogen (secondary N) is 1. The Hall–Kier alpha value is -1.50. The van der Waals surface area contributed by atoms with Crippen LogP contribution in [0, 0.1) is 0 Å². The number of nitrogens with zero attached hydrogens (tertiary/aromatic N) is 3. The topological polar surface area (TPSA) is 42.7 Å². The van der Waals surface area contributed by atoms with E-state index in [2.05, 4.69) is 67.7 Å². The Morgan fingerprint density at radius 1 is 1.30 bits per heavy atom. The number of hydrogen-bond donors (Lipinski definition) is 1. The van der Waals surface area contributed by atoms with E-state index in [0.29, 0.717) is 6.04 Å². The molecule has 0 spiro atoms. The molecule has 0 saturated heterocycles. The van der Waals surface area contributed by atoms with Gasteiger partial charge in [-0.15, -0.1) is 11.3 Å². The number of fused-ring (bicyclic) bond motifs is 1. The van der Waals surface area contributed by atoms with Crippen LogP contribution in [0.25, 0.3) is 10.4 Å². The molecule has 6 heteroatoms. The maximum Gasteiger partial charge on any atom is 0.138 e. The molecule has 1 aliphatic rings. The minimum atomic E-state index is 0.473. The van der Waals surface area contributed by atoms with Crippen molar-refractivity contribution in [1.82, 2.24) is 20.1 Å². The number of aromatic nitrogens is 3. The molecule has 4 nitrogen and oxygen atoms in total. The van der Waals surface area contributed by atoms with Crippen LogP contribution >= 0.6 is 27.3 Å². The molecule has 1 N–H and O–H groups in total. The zero-order chi connectivity index (χ0) is 15.6. The van der Waals surface area contributed by atoms with Crippen LogP contribution in [0.5, 0.6) is 0 Å². The van der Waals surface area contributed by atoms with Crippen LogP contribution in [0.15, 0.2) is 47.2 Å². The van der Waals surface area contributed by atoms with Gasteiger partial charge in [0.15, 0.2) is 0 Å². The summed E-state index contributed by atoms with van der Waals surface area (Å²) in [7, 11) is 0. The van der Waals surface area contributed by atoms with Crippen LogP contribution in [-0.4, -0.2) is 20.8 Å². The SMILES string of the molecule is Brc1cccc(-c2ccc(CNC3CCc4ncnn4C3)s2)c1. The van der Waals surface area contributed by atoms with Gasteiger partial charge in [0, 0.05) is 33.2 Å². The van der Waals surface area contributed by atoms with E-state index < -0.39 is 0 Å². The summed E-state index contributed by atoms with van der Waals surface area (Å²) < 4.78 is 3.14. The minimum absolute atomic E-state index is 0.473. The van der Waals surface area contributed by atoms with E-state index in [1.165, 1.54) is 15.3 Å². The van der Waals surface area contributed by atoms with Crippen molar-refractivity contribution >= 4 is 27.3 Å². The number of benzene rings is 1. The lowest BCUT2D eigenvalue weighted by Gasteiger charge is -2.23. The molecule has 0 fully saturated rings. The quantitative estimate of drug-likeness (QED) is 0.737. The summed E-state index contributed by atoms with van der Waals surface area (Å²) in [5, 5.41) is 7.94. The predicted molar refractivity (Wildman–Crippen MR) is 96.4 cm³/mol. The summed E-state index contributed by atoms with van der Waals surface area (Å²) >= 11 is 5.39. The van der Waals surface area contributed by atoms with E-state index in [1.54, 1.807) is 6.33 Å². The molecule has 4 rings (SSSR count). The molecule has 0 bridgehead atoms. The Morgan fingerprint density at radius 3 is 3.17 bits per heavy atom. The fourth-order valence-electron chi connectivity index (χ4n) is 2.92. The second-order valence-corrected chi connectivity index (χ2v) is 7.84. The molecule has 2 aromatic heterocycles. The lowest BCUT2D eigenvalue weighted by atomic mass is 10.1. The Morgan fingerprint density at radius 2 is 2.26 bits per heavy atom. The maximum atomic E-state index is 4.28. The Kier molecular flexibility index (Phi) is 4.29. The first-order chi connectivity index (χ1) is 11.3. The van der Waals surface area contributed by atoms with Gasteiger partial charge in [0.2, 0.25) is 0 Å². The minimum Gasteiger partial charge on any atom is -0.307 e. The predicted octanol–water partition coefficient (Wildman–Crippen LogP) is 3.87. The van der Waals surface area contributed by atoms with Gasteiger partial charge in [-0.2, -0.15) is 5.10 Å². The lowest BCUT2D eigenvalue weighted by Crippen LogP contribution is -2.37. The first kappa shape index (κ1) is 15.1. The summed E-state index contributed by atoms with van der Waals surface area (Å²) in [5.41, 5.74) is 1.26. The van der Waals surface area contributed by atoms with E-state index in [0.717, 1.165) is 36.2 Å². The highest BCUT2D eigenvalue weighted by Gasteiger charge is 2.19. The molecule has 1 atom stereocenters. The number of rotatable bonds is 4. The zero-order valence-corrected chi connectivity index (χ0v) is 15.0. The smallest absolute Gasteiger partial charge is 0.138 e. The molecule has 0 amide bonds. The van der Waals surface area contributed by atoms with Crippen molar-refractivity contribution in [2.75, 3.05) is 0 Å². The largest absolute Gasteiger partial charge is 0.307 e. The van der Waals surface area contributed by atoms with E-state index in [1.807, 2.05) is 16.0 Å². The summed E-state index contributed by atoms with van der Waals surface area (Å²) in [5.74, 6) is 1.11. The normalized spacial score (nSPS) is 17.2. The van der Waals surface area contributed by atoms with Crippen LogP contribution in [0.2, 0.25) is 0 Å². The number of hydrogen-bond acceptors (Lipinski definition) is 4. The summed E-state index contributed by atoms with van der Waals surface area (Å²) in [6.07, 6.45) is 3.79. The Balaban J connectivity index is 1.39. The summed E-state index contributed by atoms with van der Waals surface area (Å²) in [6, 6.07) is 13.4. The highest BCUT2D eigenvalue weighted by molar-refractivity contribution is 9.10. The molecule has 3 heterocycles. The second-order valence-electron chi connectivity index (χ2n) is 5.75. The molecular weight excluding hydrogens is 372 g/mol. The van der Waals surface area contributed by atoms with E-state index in [9.17, 15) is 0 Å². The van der Waals surface area contributed by atoms with Gasteiger partial charge in [0.25, 0.3) is 0 Å². The highest BCUT2D eigenvalue weighted by Crippen LogP contribution is 2.30. The van der Waals surface area contributed by atoms with Crippen LogP contribution in [0.4, 0.5) is 0 Å². The molecule has 1 unspecified atom stereocenters. The van der Waals surface area contributed by atoms with Crippen molar-refractivity contribution in [3.63, 3.8) is 0 Å². The van der Waals surface area contributed by atoms with Gasteiger partial charge >= 0.3 is 0 Å². The second kappa shape index (κ2) is 6.55. The van der Waals surface area contributed by atoms with Gasteiger partial charge in [0.1, 0.15) is 12.2 Å². The average molecular weight is 389 g/mol. The Labute approximate surface area is 147 Å². The number of thiophene rings is 1. The fourth-order valence-corrected chi connectivity index (χ4v) is 4.27. The molecule has 1 aliphatic heterocycles. The van der Waals surface area contributed by atoms with Crippen LogP contribution in [-0.2, 0) is 19.5 Å². The summed E-state index contributed by atoms with van der Waals surface area (Å²) in [6.45, 7) is 1.83. The molecule has 3 aromatic rings.